The van der Waals surface area contributed by atoms with Crippen molar-refractivity contribution in [2.45, 2.75) is 24.2 Å². The summed E-state index contributed by atoms with van der Waals surface area (Å²) in [4.78, 5) is 0. The van der Waals surface area contributed by atoms with Crippen LogP contribution in [0.4, 0.5) is 0 Å². The van der Waals surface area contributed by atoms with E-state index in [1.807, 2.05) is 30.3 Å². The van der Waals surface area contributed by atoms with Crippen LogP contribution in [0, 0.1) is 12.3 Å². The number of methoxy groups -OCH3 is 2. The van der Waals surface area contributed by atoms with E-state index in [0.29, 0.717) is 5.92 Å². The van der Waals surface area contributed by atoms with Crippen molar-refractivity contribution in [2.24, 2.45) is 5.92 Å². The lowest BCUT2D eigenvalue weighted by Crippen LogP contribution is -2.40. The third-order valence-corrected chi connectivity index (χ3v) is 6.42. The maximum Gasteiger partial charge on any atom is 0.144 e. The molecule has 3 aromatic carbocycles. The first-order valence-electron chi connectivity index (χ1n) is 10.9. The topological polar surface area (TPSA) is 36.9 Å². The van der Waals surface area contributed by atoms with E-state index in [4.69, 9.17) is 18.9 Å². The zero-order valence-corrected chi connectivity index (χ0v) is 18.3. The van der Waals surface area contributed by atoms with Gasteiger partial charge in [0.2, 0.25) is 0 Å². The van der Waals surface area contributed by atoms with Crippen LogP contribution in [0.25, 0.3) is 0 Å². The largest absolute Gasteiger partial charge is 0.497 e. The number of hydrogen-bond acceptors (Lipinski definition) is 4. The average molecular weight is 428 g/mol. The van der Waals surface area contributed by atoms with Crippen LogP contribution in [0.2, 0.25) is 0 Å². The number of hydrogen-bond donors (Lipinski definition) is 0. The second-order valence-electron chi connectivity index (χ2n) is 8.14. The van der Waals surface area contributed by atoms with Crippen LogP contribution < -0.4 is 9.47 Å². The molecule has 163 valence electrons. The molecular formula is C28H27O4. The Labute approximate surface area is 189 Å². The zero-order valence-electron chi connectivity index (χ0n) is 18.3. The monoisotopic (exact) mass is 427 g/mol. The summed E-state index contributed by atoms with van der Waals surface area (Å²) in [5.41, 5.74) is 2.30. The molecule has 1 aliphatic carbocycles. The van der Waals surface area contributed by atoms with Crippen molar-refractivity contribution in [1.29, 1.82) is 0 Å². The average Bonchev–Trinajstić information content (AvgIpc) is 3.48. The molecule has 0 bridgehead atoms. The molecule has 32 heavy (non-hydrogen) atoms. The van der Waals surface area contributed by atoms with E-state index in [0.717, 1.165) is 34.6 Å². The van der Waals surface area contributed by atoms with Gasteiger partial charge in [0.25, 0.3) is 0 Å². The van der Waals surface area contributed by atoms with E-state index < -0.39 is 5.60 Å². The quantitative estimate of drug-likeness (QED) is 0.466. The van der Waals surface area contributed by atoms with Gasteiger partial charge in [0.05, 0.1) is 26.6 Å². The fraction of sp³-hybridized carbons (Fsp3) is 0.250. The van der Waals surface area contributed by atoms with Crippen LogP contribution in [0.5, 0.6) is 11.5 Å². The third-order valence-electron chi connectivity index (χ3n) is 6.42. The van der Waals surface area contributed by atoms with E-state index in [2.05, 4.69) is 61.0 Å². The summed E-state index contributed by atoms with van der Waals surface area (Å²) in [6.07, 6.45) is 6.94. The molecule has 1 saturated carbocycles. The summed E-state index contributed by atoms with van der Waals surface area (Å²) in [6, 6.07) is 26.6. The molecular weight excluding hydrogens is 400 g/mol. The van der Waals surface area contributed by atoms with Gasteiger partial charge in [0.1, 0.15) is 23.2 Å². The molecule has 0 amide bonds. The number of benzene rings is 3. The molecule has 2 aliphatic rings. The molecule has 5 rings (SSSR count). The Hall–Kier alpha value is -3.24. The van der Waals surface area contributed by atoms with E-state index in [-0.39, 0.29) is 12.2 Å². The molecule has 0 aromatic heterocycles. The van der Waals surface area contributed by atoms with Gasteiger partial charge in [-0.25, -0.2) is 0 Å². The maximum absolute atomic E-state index is 7.14. The normalized spacial score (nSPS) is 21.8. The lowest BCUT2D eigenvalue weighted by atomic mass is 9.79. The zero-order chi connectivity index (χ0) is 22.0. The van der Waals surface area contributed by atoms with Crippen LogP contribution in [0.15, 0.2) is 91.2 Å². The Morgan fingerprint density at radius 1 is 0.750 bits per heavy atom. The minimum absolute atomic E-state index is 0.00501. The highest BCUT2D eigenvalue weighted by atomic mass is 16.6. The summed E-state index contributed by atoms with van der Waals surface area (Å²) in [5.74, 6) is 1.91. The number of ether oxygens (including phenoxy) is 4. The van der Waals surface area contributed by atoms with Gasteiger partial charge in [0.15, 0.2) is 0 Å². The van der Waals surface area contributed by atoms with Crippen molar-refractivity contribution >= 4 is 0 Å². The van der Waals surface area contributed by atoms with Gasteiger partial charge in [-0.15, -0.1) is 0 Å². The molecule has 1 radical (unpaired) electrons. The SMILES string of the molecule is COc1ccc(C(O[C@@H]2C[CH][C@@H]3C=CO[C@@H]32)(c2ccccc2)c2ccc(OC)cc2)cc1. The first kappa shape index (κ1) is 20.7. The first-order valence-corrected chi connectivity index (χ1v) is 10.9. The molecule has 4 nitrogen and oxygen atoms in total. The number of fused-ring (bicyclic) bond motifs is 1. The van der Waals surface area contributed by atoms with Crippen molar-refractivity contribution in [3.8, 4) is 11.5 Å². The smallest absolute Gasteiger partial charge is 0.144 e. The summed E-state index contributed by atoms with van der Waals surface area (Å²) < 4.78 is 23.9. The second kappa shape index (κ2) is 8.71. The van der Waals surface area contributed by atoms with Gasteiger partial charge in [0, 0.05) is 5.92 Å². The van der Waals surface area contributed by atoms with Gasteiger partial charge in [-0.1, -0.05) is 54.6 Å². The maximum atomic E-state index is 7.14. The molecule has 3 atom stereocenters. The Kier molecular flexibility index (Phi) is 5.62. The highest BCUT2D eigenvalue weighted by molar-refractivity contribution is 5.50. The van der Waals surface area contributed by atoms with Gasteiger partial charge in [-0.05, 0) is 59.9 Å². The van der Waals surface area contributed by atoms with Crippen molar-refractivity contribution in [2.75, 3.05) is 14.2 Å². The first-order chi connectivity index (χ1) is 15.7. The van der Waals surface area contributed by atoms with Gasteiger partial charge < -0.3 is 18.9 Å². The van der Waals surface area contributed by atoms with Gasteiger partial charge in [-0.3, -0.25) is 0 Å². The van der Waals surface area contributed by atoms with Crippen LogP contribution in [-0.4, -0.2) is 26.4 Å². The molecule has 4 heteroatoms. The van der Waals surface area contributed by atoms with E-state index in [1.165, 1.54) is 0 Å². The molecule has 1 heterocycles. The Bertz CT molecular complexity index is 1010. The summed E-state index contributed by atoms with van der Waals surface area (Å²) in [7, 11) is 3.36. The van der Waals surface area contributed by atoms with Gasteiger partial charge in [-0.2, -0.15) is 0 Å². The fourth-order valence-corrected chi connectivity index (χ4v) is 4.77. The Morgan fingerprint density at radius 3 is 1.88 bits per heavy atom. The minimum atomic E-state index is -0.820. The second-order valence-corrected chi connectivity index (χ2v) is 8.14. The molecule has 0 spiro atoms. The molecule has 1 aliphatic heterocycles. The van der Waals surface area contributed by atoms with Crippen LogP contribution >= 0.6 is 0 Å². The van der Waals surface area contributed by atoms with Crippen molar-refractivity contribution in [3.63, 3.8) is 0 Å². The van der Waals surface area contributed by atoms with Crippen molar-refractivity contribution in [1.82, 2.24) is 0 Å². The lowest BCUT2D eigenvalue weighted by molar-refractivity contribution is -0.0915. The van der Waals surface area contributed by atoms with E-state index in [9.17, 15) is 0 Å². The lowest BCUT2D eigenvalue weighted by Gasteiger charge is -2.39. The van der Waals surface area contributed by atoms with Crippen molar-refractivity contribution in [3.05, 3.63) is 114 Å². The summed E-state index contributed by atoms with van der Waals surface area (Å²) in [5, 5.41) is 0. The number of rotatable bonds is 7. The molecule has 0 N–H and O–H groups in total. The van der Waals surface area contributed by atoms with E-state index >= 15 is 0 Å². The highest BCUT2D eigenvalue weighted by Crippen LogP contribution is 2.46. The summed E-state index contributed by atoms with van der Waals surface area (Å²) >= 11 is 0. The predicted octanol–water partition coefficient (Wildman–Crippen LogP) is 5.52. The predicted molar refractivity (Wildman–Crippen MR) is 124 cm³/mol. The van der Waals surface area contributed by atoms with Crippen LogP contribution in [0.1, 0.15) is 23.1 Å². The standard InChI is InChI=1S/C28H27O4/c1-29-24-13-9-22(10-14-24)28(21-6-4-3-5-7-21,23-11-15-25(30-2)16-12-23)32-26-17-8-20-18-19-31-27(20)26/h3-16,18-20,26-27H,17H2,1-2H3/t20-,26-,27+/m1/s1. The Morgan fingerprint density at radius 2 is 1.31 bits per heavy atom. The molecule has 1 fully saturated rings. The molecule has 0 unspecified atom stereocenters. The molecule has 3 aromatic rings. The van der Waals surface area contributed by atoms with Crippen LogP contribution in [-0.2, 0) is 15.1 Å². The fourth-order valence-electron chi connectivity index (χ4n) is 4.77. The molecule has 0 saturated heterocycles. The third kappa shape index (κ3) is 3.55. The van der Waals surface area contributed by atoms with Crippen LogP contribution in [0.3, 0.4) is 0 Å². The minimum Gasteiger partial charge on any atom is -0.497 e. The van der Waals surface area contributed by atoms with Gasteiger partial charge >= 0.3 is 0 Å². The highest BCUT2D eigenvalue weighted by Gasteiger charge is 2.47. The van der Waals surface area contributed by atoms with E-state index in [1.54, 1.807) is 20.5 Å². The summed E-state index contributed by atoms with van der Waals surface area (Å²) in [6.45, 7) is 0. The Balaban J connectivity index is 1.68. The van der Waals surface area contributed by atoms with Crippen molar-refractivity contribution < 1.29 is 18.9 Å².